The van der Waals surface area contributed by atoms with E-state index in [-0.39, 0.29) is 5.09 Å². The maximum Gasteiger partial charge on any atom is 0.276 e. The van der Waals surface area contributed by atoms with E-state index in [1.54, 1.807) is 6.07 Å². The summed E-state index contributed by atoms with van der Waals surface area (Å²) in [4.78, 5) is 0. The Labute approximate surface area is 113 Å². The minimum atomic E-state index is -3.53. The van der Waals surface area contributed by atoms with Gasteiger partial charge in [-0.2, -0.15) is 4.31 Å². The Kier molecular flexibility index (Phi) is 4.98. The number of sulfonamides is 1. The number of hydrogen-bond acceptors (Lipinski definition) is 5. The highest BCUT2D eigenvalue weighted by Gasteiger charge is 2.28. The van der Waals surface area contributed by atoms with Crippen LogP contribution in [0.4, 0.5) is 0 Å². The molecule has 0 spiro atoms. The van der Waals surface area contributed by atoms with Crippen molar-refractivity contribution in [1.82, 2.24) is 9.62 Å². The quantitative estimate of drug-likeness (QED) is 0.867. The SMILES string of the molecule is CCNCc1ccc(S(=O)(=O)N2CCCOCC2)o1. The number of nitrogens with zero attached hydrogens (tertiary/aromatic N) is 1. The molecule has 1 fully saturated rings. The largest absolute Gasteiger partial charge is 0.447 e. The average Bonchev–Trinajstić information content (AvgIpc) is 2.70. The Morgan fingerprint density at radius 3 is 2.95 bits per heavy atom. The van der Waals surface area contributed by atoms with E-state index in [9.17, 15) is 8.42 Å². The summed E-state index contributed by atoms with van der Waals surface area (Å²) in [6.45, 7) is 5.23. The van der Waals surface area contributed by atoms with E-state index in [4.69, 9.17) is 9.15 Å². The highest BCUT2D eigenvalue weighted by molar-refractivity contribution is 7.89. The molecule has 0 aliphatic carbocycles. The smallest absolute Gasteiger partial charge is 0.276 e. The number of rotatable bonds is 5. The van der Waals surface area contributed by atoms with Gasteiger partial charge in [0.2, 0.25) is 5.09 Å². The van der Waals surface area contributed by atoms with Crippen molar-refractivity contribution in [3.05, 3.63) is 17.9 Å². The molecular weight excluding hydrogens is 268 g/mol. The molecular formula is C12H20N2O4S. The molecule has 1 aromatic rings. The zero-order valence-electron chi connectivity index (χ0n) is 11.1. The van der Waals surface area contributed by atoms with Gasteiger partial charge < -0.3 is 14.5 Å². The van der Waals surface area contributed by atoms with E-state index in [2.05, 4.69) is 5.32 Å². The van der Waals surface area contributed by atoms with Gasteiger partial charge >= 0.3 is 0 Å². The van der Waals surface area contributed by atoms with Crippen LogP contribution in [0.3, 0.4) is 0 Å². The van der Waals surface area contributed by atoms with E-state index in [0.29, 0.717) is 45.0 Å². The molecule has 0 amide bonds. The average molecular weight is 288 g/mol. The predicted molar refractivity (Wildman–Crippen MR) is 70.3 cm³/mol. The van der Waals surface area contributed by atoms with E-state index >= 15 is 0 Å². The third-order valence-corrected chi connectivity index (χ3v) is 4.73. The summed E-state index contributed by atoms with van der Waals surface area (Å²) in [5.41, 5.74) is 0. The van der Waals surface area contributed by atoms with Gasteiger partial charge in [-0.3, -0.25) is 0 Å². The molecule has 1 saturated heterocycles. The zero-order valence-corrected chi connectivity index (χ0v) is 11.9. The number of nitrogens with one attached hydrogen (secondary N) is 1. The van der Waals surface area contributed by atoms with Gasteiger partial charge in [-0.15, -0.1) is 0 Å². The van der Waals surface area contributed by atoms with Crippen molar-refractivity contribution in [3.8, 4) is 0 Å². The van der Waals surface area contributed by atoms with Crippen LogP contribution in [0.2, 0.25) is 0 Å². The summed E-state index contributed by atoms with van der Waals surface area (Å²) in [7, 11) is -3.53. The van der Waals surface area contributed by atoms with Gasteiger partial charge in [0.25, 0.3) is 10.0 Å². The highest BCUT2D eigenvalue weighted by Crippen LogP contribution is 2.19. The molecule has 0 atom stereocenters. The van der Waals surface area contributed by atoms with Gasteiger partial charge in [-0.1, -0.05) is 6.92 Å². The summed E-state index contributed by atoms with van der Waals surface area (Å²) in [6.07, 6.45) is 0.712. The lowest BCUT2D eigenvalue weighted by Crippen LogP contribution is -2.33. The van der Waals surface area contributed by atoms with E-state index in [1.165, 1.54) is 10.4 Å². The predicted octanol–water partition coefficient (Wildman–Crippen LogP) is 0.800. The van der Waals surface area contributed by atoms with Crippen molar-refractivity contribution >= 4 is 10.0 Å². The summed E-state index contributed by atoms with van der Waals surface area (Å²) in [5, 5.41) is 3.11. The van der Waals surface area contributed by atoms with Crippen LogP contribution in [0.5, 0.6) is 0 Å². The maximum atomic E-state index is 12.4. The minimum absolute atomic E-state index is 0.0160. The van der Waals surface area contributed by atoms with Gasteiger partial charge in [0, 0.05) is 19.7 Å². The van der Waals surface area contributed by atoms with Crippen LogP contribution >= 0.6 is 0 Å². The van der Waals surface area contributed by atoms with Crippen LogP contribution in [0, 0.1) is 0 Å². The molecule has 1 aliphatic rings. The molecule has 1 aromatic heterocycles. The van der Waals surface area contributed by atoms with Gasteiger partial charge in [0.1, 0.15) is 5.76 Å². The van der Waals surface area contributed by atoms with E-state index in [0.717, 1.165) is 6.54 Å². The first kappa shape index (κ1) is 14.5. The van der Waals surface area contributed by atoms with E-state index < -0.39 is 10.0 Å². The normalized spacial score (nSPS) is 18.4. The lowest BCUT2D eigenvalue weighted by molar-refractivity contribution is 0.148. The molecule has 1 N–H and O–H groups in total. The van der Waals surface area contributed by atoms with Gasteiger partial charge in [0.15, 0.2) is 0 Å². The van der Waals surface area contributed by atoms with Crippen molar-refractivity contribution in [1.29, 1.82) is 0 Å². The fourth-order valence-electron chi connectivity index (χ4n) is 1.93. The molecule has 0 aromatic carbocycles. The summed E-state index contributed by atoms with van der Waals surface area (Å²) >= 11 is 0. The first-order valence-electron chi connectivity index (χ1n) is 6.52. The summed E-state index contributed by atoms with van der Waals surface area (Å²) < 4.78 is 36.9. The molecule has 1 aliphatic heterocycles. The van der Waals surface area contributed by atoms with Crippen LogP contribution in [-0.4, -0.2) is 45.6 Å². The molecule has 0 bridgehead atoms. The first-order valence-corrected chi connectivity index (χ1v) is 7.96. The summed E-state index contributed by atoms with van der Waals surface area (Å²) in [5.74, 6) is 0.631. The fraction of sp³-hybridized carbons (Fsp3) is 0.667. The monoisotopic (exact) mass is 288 g/mol. The third kappa shape index (κ3) is 3.56. The lowest BCUT2D eigenvalue weighted by atomic mass is 10.4. The first-order chi connectivity index (χ1) is 9.14. The van der Waals surface area contributed by atoms with E-state index in [1.807, 2.05) is 6.92 Å². The Morgan fingerprint density at radius 1 is 1.32 bits per heavy atom. The lowest BCUT2D eigenvalue weighted by Gasteiger charge is -2.17. The molecule has 2 heterocycles. The highest BCUT2D eigenvalue weighted by atomic mass is 32.2. The number of hydrogen-bond donors (Lipinski definition) is 1. The van der Waals surface area contributed by atoms with Crippen LogP contribution in [0.15, 0.2) is 21.6 Å². The molecule has 7 heteroatoms. The molecule has 2 rings (SSSR count). The Balaban J connectivity index is 2.11. The molecule has 0 unspecified atom stereocenters. The molecule has 0 radical (unpaired) electrons. The van der Waals surface area contributed by atoms with Crippen molar-refractivity contribution in [3.63, 3.8) is 0 Å². The summed E-state index contributed by atoms with van der Waals surface area (Å²) in [6, 6.07) is 3.22. The van der Waals surface area contributed by atoms with Crippen LogP contribution < -0.4 is 5.32 Å². The van der Waals surface area contributed by atoms with Crippen LogP contribution in [-0.2, 0) is 21.3 Å². The zero-order chi connectivity index (χ0) is 13.7. The van der Waals surface area contributed by atoms with Gasteiger partial charge in [-0.05, 0) is 25.1 Å². The number of ether oxygens (including phenoxy) is 1. The second-order valence-electron chi connectivity index (χ2n) is 4.37. The van der Waals surface area contributed by atoms with Crippen molar-refractivity contribution in [2.75, 3.05) is 32.8 Å². The second-order valence-corrected chi connectivity index (χ2v) is 6.24. The molecule has 0 saturated carbocycles. The molecule has 6 nitrogen and oxygen atoms in total. The van der Waals surface area contributed by atoms with Crippen LogP contribution in [0.25, 0.3) is 0 Å². The molecule has 19 heavy (non-hydrogen) atoms. The van der Waals surface area contributed by atoms with Crippen molar-refractivity contribution < 1.29 is 17.6 Å². The van der Waals surface area contributed by atoms with Crippen molar-refractivity contribution in [2.24, 2.45) is 0 Å². The maximum absolute atomic E-state index is 12.4. The number of furan rings is 1. The molecule has 108 valence electrons. The van der Waals surface area contributed by atoms with Gasteiger partial charge in [0.05, 0.1) is 13.2 Å². The van der Waals surface area contributed by atoms with Gasteiger partial charge in [-0.25, -0.2) is 8.42 Å². The Hall–Kier alpha value is -0.890. The fourth-order valence-corrected chi connectivity index (χ4v) is 3.32. The third-order valence-electron chi connectivity index (χ3n) is 2.96. The minimum Gasteiger partial charge on any atom is -0.447 e. The Bertz CT molecular complexity index is 490. The second kappa shape index (κ2) is 6.51. The Morgan fingerprint density at radius 2 is 2.16 bits per heavy atom. The van der Waals surface area contributed by atoms with Crippen molar-refractivity contribution in [2.45, 2.75) is 25.0 Å². The standard InChI is InChI=1S/C12H20N2O4S/c1-2-13-10-11-4-5-12(18-11)19(15,16)14-6-3-8-17-9-7-14/h4-5,13H,2-3,6-10H2,1H3. The topological polar surface area (TPSA) is 71.8 Å². The van der Waals surface area contributed by atoms with Crippen LogP contribution in [0.1, 0.15) is 19.1 Å².